The quantitative estimate of drug-likeness (QED) is 0.483. The molecule has 1 fully saturated rings. The normalized spacial score (nSPS) is 18.4. The van der Waals surface area contributed by atoms with Gasteiger partial charge < -0.3 is 24.7 Å². The number of fused-ring (bicyclic) bond motifs is 2. The SMILES string of the molecule is COc1ccc2c(N3C[C@H](C)N[C@@H](C)C3)ccc(C(=O)Nc3cn4cc(C)nc(C)c4n3)c2n1. The molecule has 5 rings (SSSR count). The standard InChI is InChI=1S/C25H29N7O2/c1-14-10-31(11-15(2)26-14)20-8-6-19(23-18(20)7-9-22(30-23)34-5)25(33)29-21-13-32-12-16(3)27-17(4)24(32)28-21/h6-9,12-15,26H,10-11H2,1-5H3,(H,29,33)/t14-,15-/m0/s1. The Bertz CT molecular complexity index is 1390. The lowest BCUT2D eigenvalue weighted by molar-refractivity contribution is 0.102. The van der Waals surface area contributed by atoms with Crippen LogP contribution in [0.15, 0.2) is 36.7 Å². The van der Waals surface area contributed by atoms with Gasteiger partial charge in [0.15, 0.2) is 11.5 Å². The van der Waals surface area contributed by atoms with Gasteiger partial charge in [0, 0.05) is 48.5 Å². The molecule has 1 aliphatic rings. The highest BCUT2D eigenvalue weighted by Gasteiger charge is 2.24. The van der Waals surface area contributed by atoms with Gasteiger partial charge in [-0.3, -0.25) is 9.78 Å². The Morgan fingerprint density at radius 2 is 1.82 bits per heavy atom. The first-order chi connectivity index (χ1) is 16.3. The summed E-state index contributed by atoms with van der Waals surface area (Å²) >= 11 is 0. The molecule has 0 saturated carbocycles. The second kappa shape index (κ2) is 8.57. The van der Waals surface area contributed by atoms with Crippen molar-refractivity contribution in [3.8, 4) is 5.88 Å². The molecule has 9 heteroatoms. The number of imidazole rings is 1. The van der Waals surface area contributed by atoms with E-state index < -0.39 is 0 Å². The molecule has 1 saturated heterocycles. The number of carbonyl (C=O) groups excluding carboxylic acids is 1. The minimum absolute atomic E-state index is 0.273. The van der Waals surface area contributed by atoms with E-state index in [9.17, 15) is 4.79 Å². The van der Waals surface area contributed by atoms with E-state index >= 15 is 0 Å². The molecule has 1 aromatic carbocycles. The van der Waals surface area contributed by atoms with E-state index in [0.717, 1.165) is 35.6 Å². The van der Waals surface area contributed by atoms with Crippen molar-refractivity contribution >= 4 is 34.0 Å². The molecule has 9 nitrogen and oxygen atoms in total. The summed E-state index contributed by atoms with van der Waals surface area (Å²) in [4.78, 5) is 29.4. The highest BCUT2D eigenvalue weighted by molar-refractivity contribution is 6.13. The molecule has 0 spiro atoms. The van der Waals surface area contributed by atoms with E-state index in [1.807, 2.05) is 48.7 Å². The van der Waals surface area contributed by atoms with Gasteiger partial charge in [0.2, 0.25) is 5.88 Å². The summed E-state index contributed by atoms with van der Waals surface area (Å²) in [5, 5.41) is 7.42. The monoisotopic (exact) mass is 459 g/mol. The second-order valence-electron chi connectivity index (χ2n) is 9.03. The lowest BCUT2D eigenvalue weighted by atomic mass is 10.0. The number of hydrogen-bond acceptors (Lipinski definition) is 7. The Kier molecular flexibility index (Phi) is 5.57. The Balaban J connectivity index is 1.54. The van der Waals surface area contributed by atoms with Gasteiger partial charge in [-0.2, -0.15) is 0 Å². The molecule has 0 radical (unpaired) electrons. The number of methoxy groups -OCH3 is 1. The Hall–Kier alpha value is -3.72. The maximum atomic E-state index is 13.4. The van der Waals surface area contributed by atoms with Crippen molar-refractivity contribution < 1.29 is 9.53 Å². The third-order valence-corrected chi connectivity index (χ3v) is 6.13. The molecule has 2 N–H and O–H groups in total. The van der Waals surface area contributed by atoms with Gasteiger partial charge in [0.25, 0.3) is 5.91 Å². The number of ether oxygens (including phenoxy) is 1. The third-order valence-electron chi connectivity index (χ3n) is 6.13. The van der Waals surface area contributed by atoms with Crippen molar-refractivity contribution in [3.05, 3.63) is 53.6 Å². The highest BCUT2D eigenvalue weighted by atomic mass is 16.5. The molecule has 2 atom stereocenters. The van der Waals surface area contributed by atoms with Crippen LogP contribution in [0.5, 0.6) is 5.88 Å². The number of benzene rings is 1. The van der Waals surface area contributed by atoms with Crippen molar-refractivity contribution in [2.75, 3.05) is 30.4 Å². The lowest BCUT2D eigenvalue weighted by Gasteiger charge is -2.38. The highest BCUT2D eigenvalue weighted by Crippen LogP contribution is 2.32. The van der Waals surface area contributed by atoms with E-state index in [-0.39, 0.29) is 5.91 Å². The number of pyridine rings is 1. The third kappa shape index (κ3) is 4.03. The van der Waals surface area contributed by atoms with Crippen molar-refractivity contribution in [1.82, 2.24) is 24.7 Å². The summed E-state index contributed by atoms with van der Waals surface area (Å²) < 4.78 is 7.25. The van der Waals surface area contributed by atoms with Crippen LogP contribution >= 0.6 is 0 Å². The smallest absolute Gasteiger partial charge is 0.259 e. The number of rotatable bonds is 4. The number of aromatic nitrogens is 4. The van der Waals surface area contributed by atoms with Gasteiger partial charge >= 0.3 is 0 Å². The Labute approximate surface area is 198 Å². The van der Waals surface area contributed by atoms with Crippen LogP contribution in [0.4, 0.5) is 11.5 Å². The van der Waals surface area contributed by atoms with Crippen LogP contribution in [0.1, 0.15) is 35.6 Å². The number of amides is 1. The number of nitrogens with one attached hydrogen (secondary N) is 2. The summed E-state index contributed by atoms with van der Waals surface area (Å²) in [6.45, 7) is 9.96. The number of anilines is 2. The summed E-state index contributed by atoms with van der Waals surface area (Å²) in [7, 11) is 1.58. The first kappa shape index (κ1) is 22.1. The molecular weight excluding hydrogens is 430 g/mol. The average Bonchev–Trinajstić information content (AvgIpc) is 3.19. The van der Waals surface area contributed by atoms with Crippen LogP contribution in [0.2, 0.25) is 0 Å². The number of carbonyl (C=O) groups is 1. The molecule has 4 heterocycles. The van der Waals surface area contributed by atoms with E-state index in [2.05, 4.69) is 44.3 Å². The Morgan fingerprint density at radius 3 is 2.56 bits per heavy atom. The van der Waals surface area contributed by atoms with Crippen LogP contribution in [0, 0.1) is 13.8 Å². The van der Waals surface area contributed by atoms with Crippen LogP contribution in [0.3, 0.4) is 0 Å². The summed E-state index contributed by atoms with van der Waals surface area (Å²) in [5.74, 6) is 0.654. The summed E-state index contributed by atoms with van der Waals surface area (Å²) in [6.07, 6.45) is 3.68. The number of aryl methyl sites for hydroxylation is 2. The molecule has 3 aromatic heterocycles. The lowest BCUT2D eigenvalue weighted by Crippen LogP contribution is -2.54. The van der Waals surface area contributed by atoms with Crippen LogP contribution in [0.25, 0.3) is 16.6 Å². The van der Waals surface area contributed by atoms with Gasteiger partial charge in [-0.1, -0.05) is 0 Å². The fourth-order valence-electron chi connectivity index (χ4n) is 4.83. The molecule has 0 unspecified atom stereocenters. The zero-order valence-corrected chi connectivity index (χ0v) is 20.1. The number of hydrogen-bond donors (Lipinski definition) is 2. The van der Waals surface area contributed by atoms with Crippen LogP contribution < -0.4 is 20.3 Å². The molecule has 1 amide bonds. The minimum atomic E-state index is -0.273. The predicted octanol–water partition coefficient (Wildman–Crippen LogP) is 3.34. The topological polar surface area (TPSA) is 96.7 Å². The predicted molar refractivity (Wildman–Crippen MR) is 133 cm³/mol. The molecule has 0 aliphatic carbocycles. The first-order valence-electron chi connectivity index (χ1n) is 11.5. The fraction of sp³-hybridized carbons (Fsp3) is 0.360. The average molecular weight is 460 g/mol. The molecule has 0 bridgehead atoms. The van der Waals surface area contributed by atoms with Gasteiger partial charge in [-0.25, -0.2) is 9.97 Å². The molecule has 4 aromatic rings. The Morgan fingerprint density at radius 1 is 1.06 bits per heavy atom. The maximum Gasteiger partial charge on any atom is 0.259 e. The minimum Gasteiger partial charge on any atom is -0.481 e. The van der Waals surface area contributed by atoms with Crippen molar-refractivity contribution in [2.24, 2.45) is 0 Å². The maximum absolute atomic E-state index is 13.4. The zero-order chi connectivity index (χ0) is 24.0. The number of piperazine rings is 1. The van der Waals surface area contributed by atoms with E-state index in [0.29, 0.717) is 40.5 Å². The van der Waals surface area contributed by atoms with E-state index in [4.69, 9.17) is 4.74 Å². The van der Waals surface area contributed by atoms with Crippen LogP contribution in [-0.2, 0) is 0 Å². The molecule has 34 heavy (non-hydrogen) atoms. The second-order valence-corrected chi connectivity index (χ2v) is 9.03. The van der Waals surface area contributed by atoms with E-state index in [1.165, 1.54) is 0 Å². The van der Waals surface area contributed by atoms with Crippen molar-refractivity contribution in [3.63, 3.8) is 0 Å². The zero-order valence-electron chi connectivity index (χ0n) is 20.1. The van der Waals surface area contributed by atoms with Gasteiger partial charge in [-0.05, 0) is 45.9 Å². The van der Waals surface area contributed by atoms with Gasteiger partial charge in [0.1, 0.15) is 0 Å². The van der Waals surface area contributed by atoms with Gasteiger partial charge in [-0.15, -0.1) is 0 Å². The summed E-state index contributed by atoms with van der Waals surface area (Å²) in [6, 6.07) is 8.39. The van der Waals surface area contributed by atoms with Crippen LogP contribution in [-0.4, -0.2) is 57.5 Å². The van der Waals surface area contributed by atoms with Crippen molar-refractivity contribution in [2.45, 2.75) is 39.8 Å². The summed E-state index contributed by atoms with van der Waals surface area (Å²) in [5.41, 5.74) is 4.54. The van der Waals surface area contributed by atoms with Gasteiger partial charge in [0.05, 0.1) is 35.8 Å². The largest absolute Gasteiger partial charge is 0.481 e. The molecule has 1 aliphatic heterocycles. The molecular formula is C25H29N7O2. The number of nitrogens with zero attached hydrogens (tertiary/aromatic N) is 5. The van der Waals surface area contributed by atoms with Crippen molar-refractivity contribution in [1.29, 1.82) is 0 Å². The molecule has 176 valence electrons. The van der Waals surface area contributed by atoms with E-state index in [1.54, 1.807) is 13.3 Å². The first-order valence-corrected chi connectivity index (χ1v) is 11.5. The fourth-order valence-corrected chi connectivity index (χ4v) is 4.83.